The zero-order chi connectivity index (χ0) is 17.9. The number of hydrogen-bond acceptors (Lipinski definition) is 2. The molecule has 1 fully saturated rings. The summed E-state index contributed by atoms with van der Waals surface area (Å²) < 4.78 is 6.27. The molecule has 23 heavy (non-hydrogen) atoms. The van der Waals surface area contributed by atoms with Gasteiger partial charge in [0, 0.05) is 0 Å². The fourth-order valence-corrected chi connectivity index (χ4v) is 3.76. The van der Waals surface area contributed by atoms with Crippen molar-refractivity contribution in [2.75, 3.05) is 0 Å². The summed E-state index contributed by atoms with van der Waals surface area (Å²) in [5, 5.41) is 0. The SMILES string of the molecule is CCC(C)(C)CC(C)(C(=O)OC1(CC)CCCCC1)C(C)(C)C. The molecule has 0 aromatic rings. The van der Waals surface area contributed by atoms with Gasteiger partial charge in [-0.3, -0.25) is 4.79 Å². The van der Waals surface area contributed by atoms with Crippen molar-refractivity contribution in [2.24, 2.45) is 16.2 Å². The molecular formula is C21H40O2. The maximum atomic E-state index is 13.3. The molecule has 0 radical (unpaired) electrons. The van der Waals surface area contributed by atoms with Gasteiger partial charge in [-0.15, -0.1) is 0 Å². The molecule has 2 heteroatoms. The van der Waals surface area contributed by atoms with E-state index in [0.29, 0.717) is 0 Å². The Balaban J connectivity index is 3.05. The van der Waals surface area contributed by atoms with Gasteiger partial charge in [0.1, 0.15) is 5.60 Å². The van der Waals surface area contributed by atoms with E-state index in [4.69, 9.17) is 4.74 Å². The summed E-state index contributed by atoms with van der Waals surface area (Å²) in [7, 11) is 0. The topological polar surface area (TPSA) is 26.3 Å². The highest BCUT2D eigenvalue weighted by molar-refractivity contribution is 5.78. The Hall–Kier alpha value is -0.530. The zero-order valence-electron chi connectivity index (χ0n) is 17.0. The number of carbonyl (C=O) groups excluding carboxylic acids is 1. The number of ether oxygens (including phenoxy) is 1. The van der Waals surface area contributed by atoms with E-state index in [-0.39, 0.29) is 22.4 Å². The summed E-state index contributed by atoms with van der Waals surface area (Å²) >= 11 is 0. The minimum atomic E-state index is -0.452. The van der Waals surface area contributed by atoms with Crippen molar-refractivity contribution in [3.05, 3.63) is 0 Å². The lowest BCUT2D eigenvalue weighted by Gasteiger charge is -2.47. The van der Waals surface area contributed by atoms with Crippen LogP contribution in [0.5, 0.6) is 0 Å². The fourth-order valence-electron chi connectivity index (χ4n) is 3.76. The van der Waals surface area contributed by atoms with Crippen molar-refractivity contribution in [3.63, 3.8) is 0 Å². The van der Waals surface area contributed by atoms with E-state index < -0.39 is 5.41 Å². The second-order valence-corrected chi connectivity index (χ2v) is 9.76. The highest BCUT2D eigenvalue weighted by Gasteiger charge is 2.50. The summed E-state index contributed by atoms with van der Waals surface area (Å²) in [5.41, 5.74) is -0.628. The van der Waals surface area contributed by atoms with E-state index in [1.165, 1.54) is 19.3 Å². The largest absolute Gasteiger partial charge is 0.459 e. The smallest absolute Gasteiger partial charge is 0.312 e. The Morgan fingerprint density at radius 1 is 0.957 bits per heavy atom. The van der Waals surface area contributed by atoms with E-state index in [1.54, 1.807) is 0 Å². The van der Waals surface area contributed by atoms with Gasteiger partial charge in [0.25, 0.3) is 0 Å². The molecule has 0 saturated heterocycles. The second kappa shape index (κ2) is 7.15. The molecule has 1 atom stereocenters. The molecule has 136 valence electrons. The maximum Gasteiger partial charge on any atom is 0.312 e. The quantitative estimate of drug-likeness (QED) is 0.520. The van der Waals surface area contributed by atoms with Crippen LogP contribution in [0.2, 0.25) is 0 Å². The van der Waals surface area contributed by atoms with Crippen molar-refractivity contribution in [1.29, 1.82) is 0 Å². The lowest BCUT2D eigenvalue weighted by atomic mass is 9.60. The van der Waals surface area contributed by atoms with Crippen LogP contribution >= 0.6 is 0 Å². The van der Waals surface area contributed by atoms with E-state index in [2.05, 4.69) is 55.4 Å². The van der Waals surface area contributed by atoms with Crippen LogP contribution in [0.25, 0.3) is 0 Å². The number of rotatable bonds is 6. The van der Waals surface area contributed by atoms with E-state index >= 15 is 0 Å². The van der Waals surface area contributed by atoms with Gasteiger partial charge >= 0.3 is 5.97 Å². The molecule has 0 N–H and O–H groups in total. The molecule has 1 aliphatic rings. The zero-order valence-corrected chi connectivity index (χ0v) is 17.0. The Bertz CT molecular complexity index is 397. The van der Waals surface area contributed by atoms with Gasteiger partial charge in [-0.1, -0.05) is 61.3 Å². The standard InChI is InChI=1S/C21H40O2/c1-9-19(6,7)16-20(8,18(3,4)5)17(22)23-21(10-2)14-12-11-13-15-21/h9-16H2,1-8H3. The average molecular weight is 325 g/mol. The highest BCUT2D eigenvalue weighted by atomic mass is 16.6. The van der Waals surface area contributed by atoms with Gasteiger partial charge in [0.15, 0.2) is 0 Å². The Morgan fingerprint density at radius 2 is 1.48 bits per heavy atom. The molecular weight excluding hydrogens is 284 g/mol. The normalized spacial score (nSPS) is 21.6. The first-order chi connectivity index (χ1) is 10.4. The van der Waals surface area contributed by atoms with Gasteiger partial charge in [0.2, 0.25) is 0 Å². The van der Waals surface area contributed by atoms with Crippen molar-refractivity contribution in [3.8, 4) is 0 Å². The predicted molar refractivity (Wildman–Crippen MR) is 98.5 cm³/mol. The molecule has 1 saturated carbocycles. The van der Waals surface area contributed by atoms with Crippen molar-refractivity contribution in [2.45, 2.75) is 112 Å². The van der Waals surface area contributed by atoms with Crippen molar-refractivity contribution < 1.29 is 9.53 Å². The summed E-state index contributed by atoms with van der Waals surface area (Å²) in [4.78, 5) is 13.3. The van der Waals surface area contributed by atoms with E-state index in [1.807, 2.05) is 0 Å². The molecule has 1 unspecified atom stereocenters. The lowest BCUT2D eigenvalue weighted by Crippen LogP contribution is -2.48. The van der Waals surface area contributed by atoms with Crippen LogP contribution in [0.15, 0.2) is 0 Å². The Labute approximate surface area is 144 Å². The van der Waals surface area contributed by atoms with Crippen LogP contribution in [0.1, 0.15) is 107 Å². The molecule has 1 rings (SSSR count). The van der Waals surface area contributed by atoms with Crippen LogP contribution in [0, 0.1) is 16.2 Å². The Morgan fingerprint density at radius 3 is 1.87 bits per heavy atom. The third-order valence-electron chi connectivity index (χ3n) is 6.61. The fraction of sp³-hybridized carbons (Fsp3) is 0.952. The lowest BCUT2D eigenvalue weighted by molar-refractivity contribution is -0.185. The number of carbonyl (C=O) groups is 1. The minimum Gasteiger partial charge on any atom is -0.459 e. The Kier molecular flexibility index (Phi) is 6.38. The van der Waals surface area contributed by atoms with Crippen molar-refractivity contribution in [1.82, 2.24) is 0 Å². The molecule has 2 nitrogen and oxygen atoms in total. The first-order valence-corrected chi connectivity index (χ1v) is 9.65. The summed E-state index contributed by atoms with van der Waals surface area (Å²) in [5.74, 6) is 0.0234. The van der Waals surface area contributed by atoms with Crippen molar-refractivity contribution >= 4 is 5.97 Å². The molecule has 0 heterocycles. The average Bonchev–Trinajstić information content (AvgIpc) is 2.46. The number of esters is 1. The van der Waals surface area contributed by atoms with E-state index in [0.717, 1.165) is 32.1 Å². The molecule has 0 spiro atoms. The van der Waals surface area contributed by atoms with Gasteiger partial charge in [-0.05, 0) is 56.3 Å². The molecule has 0 amide bonds. The van der Waals surface area contributed by atoms with Gasteiger partial charge in [-0.2, -0.15) is 0 Å². The minimum absolute atomic E-state index is 0.0234. The molecule has 0 bridgehead atoms. The van der Waals surface area contributed by atoms with Gasteiger partial charge < -0.3 is 4.74 Å². The van der Waals surface area contributed by atoms with Gasteiger partial charge in [-0.25, -0.2) is 0 Å². The molecule has 0 aromatic carbocycles. The summed E-state index contributed by atoms with van der Waals surface area (Å²) in [6.07, 6.45) is 8.61. The van der Waals surface area contributed by atoms with Crippen LogP contribution in [0.4, 0.5) is 0 Å². The van der Waals surface area contributed by atoms with E-state index in [9.17, 15) is 4.79 Å². The first kappa shape index (κ1) is 20.5. The van der Waals surface area contributed by atoms with Crippen LogP contribution in [0.3, 0.4) is 0 Å². The van der Waals surface area contributed by atoms with Crippen LogP contribution < -0.4 is 0 Å². The number of hydrogen-bond donors (Lipinski definition) is 0. The molecule has 0 aromatic heterocycles. The predicted octanol–water partition coefficient (Wildman–Crippen LogP) is 6.52. The molecule has 1 aliphatic carbocycles. The van der Waals surface area contributed by atoms with Crippen LogP contribution in [-0.4, -0.2) is 11.6 Å². The third-order valence-corrected chi connectivity index (χ3v) is 6.61. The highest BCUT2D eigenvalue weighted by Crippen LogP contribution is 2.50. The molecule has 0 aliphatic heterocycles. The first-order valence-electron chi connectivity index (χ1n) is 9.65. The van der Waals surface area contributed by atoms with Gasteiger partial charge in [0.05, 0.1) is 5.41 Å². The monoisotopic (exact) mass is 324 g/mol. The van der Waals surface area contributed by atoms with Crippen LogP contribution in [-0.2, 0) is 9.53 Å². The summed E-state index contributed by atoms with van der Waals surface area (Å²) in [6, 6.07) is 0. The summed E-state index contributed by atoms with van der Waals surface area (Å²) in [6.45, 7) is 17.6. The third kappa shape index (κ3) is 4.73. The maximum absolute atomic E-state index is 13.3. The second-order valence-electron chi connectivity index (χ2n) is 9.76.